The molecular weight excluding hydrogens is 518 g/mol. The minimum absolute atomic E-state index is 0.123. The molecule has 1 amide bonds. The number of benzene rings is 2. The van der Waals surface area contributed by atoms with Gasteiger partial charge < -0.3 is 34.2 Å². The van der Waals surface area contributed by atoms with Gasteiger partial charge in [0.25, 0.3) is 0 Å². The number of carboxylic acid groups (broad SMARTS) is 2. The average molecular weight is 558 g/mol. The van der Waals surface area contributed by atoms with Crippen molar-refractivity contribution in [3.05, 3.63) is 48.0 Å². The minimum atomic E-state index is -1.82. The van der Waals surface area contributed by atoms with E-state index in [9.17, 15) is 4.79 Å². The molecule has 0 radical (unpaired) electrons. The van der Waals surface area contributed by atoms with E-state index in [1.165, 1.54) is 5.56 Å². The van der Waals surface area contributed by atoms with Crippen LogP contribution < -0.4 is 19.1 Å². The molecule has 0 aliphatic carbocycles. The van der Waals surface area contributed by atoms with E-state index >= 15 is 0 Å². The smallest absolute Gasteiger partial charge is 0.414 e. The van der Waals surface area contributed by atoms with Crippen LogP contribution in [-0.2, 0) is 20.9 Å². The topological polar surface area (TPSA) is 129 Å². The number of hydrogen-bond donors (Lipinski definition) is 2. The maximum Gasteiger partial charge on any atom is 0.414 e. The summed E-state index contributed by atoms with van der Waals surface area (Å²) in [5.41, 5.74) is 2.29. The van der Waals surface area contributed by atoms with Crippen molar-refractivity contribution in [2.24, 2.45) is 5.92 Å². The summed E-state index contributed by atoms with van der Waals surface area (Å²) in [6, 6.07) is 14.2. The van der Waals surface area contributed by atoms with E-state index in [2.05, 4.69) is 32.9 Å². The number of likely N-dealkylation sites (tertiary alicyclic amines) is 1. The van der Waals surface area contributed by atoms with Crippen LogP contribution in [0.3, 0.4) is 0 Å². The molecule has 0 unspecified atom stereocenters. The number of piperazine rings is 1. The third-order valence-electron chi connectivity index (χ3n) is 7.03. The quantitative estimate of drug-likeness (QED) is 0.468. The molecule has 11 nitrogen and oxygen atoms in total. The Kier molecular flexibility index (Phi) is 11.4. The minimum Gasteiger partial charge on any atom is -0.497 e. The van der Waals surface area contributed by atoms with Gasteiger partial charge in [-0.15, -0.1) is 0 Å². The summed E-state index contributed by atoms with van der Waals surface area (Å²) in [5, 5.41) is 14.8. The molecule has 218 valence electrons. The molecule has 0 atom stereocenters. The monoisotopic (exact) mass is 557 g/mol. The third-order valence-corrected chi connectivity index (χ3v) is 7.03. The first-order valence-corrected chi connectivity index (χ1v) is 13.4. The molecular formula is C29H39N3O8. The van der Waals surface area contributed by atoms with Crippen LogP contribution >= 0.6 is 0 Å². The Morgan fingerprint density at radius 2 is 1.43 bits per heavy atom. The zero-order valence-electron chi connectivity index (χ0n) is 23.4. The van der Waals surface area contributed by atoms with E-state index in [-0.39, 0.29) is 5.92 Å². The molecule has 40 heavy (non-hydrogen) atoms. The van der Waals surface area contributed by atoms with Crippen LogP contribution in [0.15, 0.2) is 42.5 Å². The van der Waals surface area contributed by atoms with Crippen LogP contribution in [0, 0.1) is 5.92 Å². The highest BCUT2D eigenvalue weighted by atomic mass is 16.5. The first kappa shape index (κ1) is 30.6. The summed E-state index contributed by atoms with van der Waals surface area (Å²) in [6.45, 7) is 8.57. The lowest BCUT2D eigenvalue weighted by atomic mass is 9.94. The molecule has 0 aromatic heterocycles. The summed E-state index contributed by atoms with van der Waals surface area (Å²) < 4.78 is 16.6. The number of anilines is 1. The number of nitrogens with zero attached hydrogens (tertiary/aromatic N) is 3. The standard InChI is InChI=1S/C27H37N3O4.C2H2O4/c1-4-34-26-8-6-5-7-25(26)29-13-15-30(16-14-29)27(31)22-9-11-28(12-10-22)20-21-17-23(32-2)19-24(18-21)33-3;3-1(4)2(5)6/h5-8,17-19,22H,4,9-16,20H2,1-3H3;(H,3,4)(H,5,6). The van der Waals surface area contributed by atoms with Gasteiger partial charge in [-0.25, -0.2) is 9.59 Å². The van der Waals surface area contributed by atoms with E-state index in [1.54, 1.807) is 14.2 Å². The number of para-hydroxylation sites is 2. The van der Waals surface area contributed by atoms with Crippen LogP contribution in [0.4, 0.5) is 5.69 Å². The third kappa shape index (κ3) is 8.51. The second-order valence-corrected chi connectivity index (χ2v) is 9.59. The molecule has 4 rings (SSSR count). The van der Waals surface area contributed by atoms with E-state index in [4.69, 9.17) is 34.0 Å². The second kappa shape index (κ2) is 15.0. The number of methoxy groups -OCH3 is 2. The molecule has 2 aliphatic heterocycles. The molecule has 2 N–H and O–H groups in total. The van der Waals surface area contributed by atoms with Gasteiger partial charge in [-0.3, -0.25) is 9.69 Å². The first-order valence-electron chi connectivity index (χ1n) is 13.4. The molecule has 0 saturated carbocycles. The number of rotatable bonds is 8. The van der Waals surface area contributed by atoms with E-state index in [0.29, 0.717) is 12.5 Å². The van der Waals surface area contributed by atoms with Gasteiger partial charge in [0.05, 0.1) is 26.5 Å². The van der Waals surface area contributed by atoms with Gasteiger partial charge in [-0.1, -0.05) is 12.1 Å². The lowest BCUT2D eigenvalue weighted by molar-refractivity contribution is -0.159. The Hall–Kier alpha value is -3.99. The SMILES string of the molecule is CCOc1ccccc1N1CCN(C(=O)C2CCN(Cc3cc(OC)cc(OC)c3)CC2)CC1.O=C(O)C(=O)O. The number of carboxylic acids is 2. The van der Waals surface area contributed by atoms with E-state index in [0.717, 1.165) is 81.6 Å². The molecule has 2 aromatic rings. The molecule has 2 saturated heterocycles. The van der Waals surface area contributed by atoms with Crippen molar-refractivity contribution in [3.8, 4) is 17.2 Å². The highest BCUT2D eigenvalue weighted by Gasteiger charge is 2.31. The lowest BCUT2D eigenvalue weighted by Crippen LogP contribution is -2.51. The molecule has 0 spiro atoms. The number of hydrogen-bond acceptors (Lipinski definition) is 8. The van der Waals surface area contributed by atoms with Crippen LogP contribution in [-0.4, -0.2) is 98.0 Å². The molecule has 2 aromatic carbocycles. The summed E-state index contributed by atoms with van der Waals surface area (Å²) in [7, 11) is 3.35. The van der Waals surface area contributed by atoms with Crippen LogP contribution in [0.2, 0.25) is 0 Å². The van der Waals surface area contributed by atoms with Crippen LogP contribution in [0.5, 0.6) is 17.2 Å². The lowest BCUT2D eigenvalue weighted by Gasteiger charge is -2.39. The van der Waals surface area contributed by atoms with Gasteiger partial charge in [0.1, 0.15) is 17.2 Å². The van der Waals surface area contributed by atoms with Gasteiger partial charge in [-0.05, 0) is 62.7 Å². The Balaban J connectivity index is 0.000000663. The van der Waals surface area contributed by atoms with Crippen LogP contribution in [0.25, 0.3) is 0 Å². The number of carbonyl (C=O) groups excluding carboxylic acids is 1. The van der Waals surface area contributed by atoms with Crippen molar-refractivity contribution < 1.29 is 38.8 Å². The number of amides is 1. The van der Waals surface area contributed by atoms with Crippen molar-refractivity contribution in [1.82, 2.24) is 9.80 Å². The van der Waals surface area contributed by atoms with Crippen molar-refractivity contribution in [3.63, 3.8) is 0 Å². The Morgan fingerprint density at radius 1 is 0.850 bits per heavy atom. The summed E-state index contributed by atoms with van der Waals surface area (Å²) in [4.78, 5) is 38.2. The zero-order valence-corrected chi connectivity index (χ0v) is 23.4. The van der Waals surface area contributed by atoms with Gasteiger partial charge in [0.2, 0.25) is 5.91 Å². The van der Waals surface area contributed by atoms with Crippen LogP contribution in [0.1, 0.15) is 25.3 Å². The van der Waals surface area contributed by atoms with Gasteiger partial charge >= 0.3 is 11.9 Å². The Bertz CT molecular complexity index is 1110. The fraction of sp³-hybridized carbons (Fsp3) is 0.483. The zero-order chi connectivity index (χ0) is 29.1. The Morgan fingerprint density at radius 3 is 1.95 bits per heavy atom. The summed E-state index contributed by atoms with van der Waals surface area (Å²) in [6.07, 6.45) is 1.82. The summed E-state index contributed by atoms with van der Waals surface area (Å²) >= 11 is 0. The largest absolute Gasteiger partial charge is 0.497 e. The van der Waals surface area contributed by atoms with Crippen molar-refractivity contribution in [1.29, 1.82) is 0 Å². The number of piperidine rings is 1. The number of carbonyl (C=O) groups is 3. The maximum atomic E-state index is 13.2. The fourth-order valence-corrected chi connectivity index (χ4v) is 4.98. The molecule has 2 heterocycles. The normalized spacial score (nSPS) is 16.0. The molecule has 0 bridgehead atoms. The number of aliphatic carboxylic acids is 2. The highest BCUT2D eigenvalue weighted by Crippen LogP contribution is 2.30. The van der Waals surface area contributed by atoms with Gasteiger partial charge in [-0.2, -0.15) is 0 Å². The Labute approximate surface area is 234 Å². The fourth-order valence-electron chi connectivity index (χ4n) is 4.98. The maximum absolute atomic E-state index is 13.2. The van der Waals surface area contributed by atoms with Crippen molar-refractivity contribution >= 4 is 23.5 Å². The van der Waals surface area contributed by atoms with E-state index < -0.39 is 11.9 Å². The van der Waals surface area contributed by atoms with Gasteiger partial charge in [0, 0.05) is 44.7 Å². The van der Waals surface area contributed by atoms with Crippen molar-refractivity contribution in [2.75, 3.05) is 65.0 Å². The number of ether oxygens (including phenoxy) is 3. The predicted molar refractivity (Wildman–Crippen MR) is 149 cm³/mol. The molecule has 11 heteroatoms. The average Bonchev–Trinajstić information content (AvgIpc) is 2.98. The highest BCUT2D eigenvalue weighted by molar-refractivity contribution is 6.27. The van der Waals surface area contributed by atoms with Gasteiger partial charge in [0.15, 0.2) is 0 Å². The summed E-state index contributed by atoms with van der Waals surface area (Å²) in [5.74, 6) is -0.667. The predicted octanol–water partition coefficient (Wildman–Crippen LogP) is 2.82. The first-order chi connectivity index (χ1) is 19.2. The molecule has 2 aliphatic rings. The van der Waals surface area contributed by atoms with E-state index in [1.807, 2.05) is 31.2 Å². The second-order valence-electron chi connectivity index (χ2n) is 9.59. The molecule has 2 fully saturated rings. The van der Waals surface area contributed by atoms with Crippen molar-refractivity contribution in [2.45, 2.75) is 26.3 Å².